The zero-order chi connectivity index (χ0) is 14.3. The molecule has 1 atom stereocenters. The van der Waals surface area contributed by atoms with Gasteiger partial charge in [-0.15, -0.1) is 5.10 Å². The molecule has 0 radical (unpaired) electrons. The van der Waals surface area contributed by atoms with Gasteiger partial charge < -0.3 is 15.0 Å². The third-order valence-corrected chi connectivity index (χ3v) is 4.16. The van der Waals surface area contributed by atoms with Crippen LogP contribution in [0.25, 0.3) is 0 Å². The summed E-state index contributed by atoms with van der Waals surface area (Å²) in [5.74, 6) is 1.38. The lowest BCUT2D eigenvalue weighted by Gasteiger charge is -2.31. The fraction of sp³-hybridized carbons (Fsp3) is 0.727. The third kappa shape index (κ3) is 2.21. The Kier molecular flexibility index (Phi) is 3.48. The minimum Gasteiger partial charge on any atom is -0.378 e. The van der Waals surface area contributed by atoms with Crippen LogP contribution in [0.15, 0.2) is 0 Å². The molecule has 0 bridgehead atoms. The zero-order valence-corrected chi connectivity index (χ0v) is 12.7. The highest BCUT2D eigenvalue weighted by molar-refractivity contribution is 7.80. The van der Waals surface area contributed by atoms with E-state index in [1.165, 1.54) is 0 Å². The Morgan fingerprint density at radius 1 is 1.30 bits per heavy atom. The van der Waals surface area contributed by atoms with Crippen LogP contribution in [0.1, 0.15) is 6.92 Å². The van der Waals surface area contributed by atoms with Crippen LogP contribution in [0.4, 0.5) is 11.9 Å². The minimum absolute atomic E-state index is 0.0842. The summed E-state index contributed by atoms with van der Waals surface area (Å²) < 4.78 is 7.03. The molecule has 110 valence electrons. The van der Waals surface area contributed by atoms with Crippen molar-refractivity contribution in [1.82, 2.24) is 24.8 Å². The van der Waals surface area contributed by atoms with Crippen molar-refractivity contribution in [2.75, 3.05) is 50.6 Å². The summed E-state index contributed by atoms with van der Waals surface area (Å²) >= 11 is 5.48. The van der Waals surface area contributed by atoms with E-state index in [2.05, 4.69) is 27.2 Å². The number of nitrogens with one attached hydrogen (secondary N) is 1. The van der Waals surface area contributed by atoms with Crippen LogP contribution < -0.4 is 10.2 Å². The van der Waals surface area contributed by atoms with Crippen LogP contribution in [0.5, 0.6) is 0 Å². The van der Waals surface area contributed by atoms with Gasteiger partial charge in [0.2, 0.25) is 17.0 Å². The number of ether oxygens (including phenoxy) is 1. The molecule has 3 heterocycles. The maximum absolute atomic E-state index is 5.48. The molecule has 2 aliphatic heterocycles. The van der Waals surface area contributed by atoms with Crippen molar-refractivity contribution in [1.29, 1.82) is 0 Å². The molecule has 0 saturated carbocycles. The van der Waals surface area contributed by atoms with Crippen LogP contribution in [0.2, 0.25) is 0 Å². The van der Waals surface area contributed by atoms with Gasteiger partial charge in [0.05, 0.1) is 19.4 Å². The monoisotopic (exact) mass is 297 g/mol. The first-order chi connectivity index (χ1) is 9.58. The van der Waals surface area contributed by atoms with Gasteiger partial charge in [0.25, 0.3) is 0 Å². The first-order valence-electron chi connectivity index (χ1n) is 6.65. The maximum Gasteiger partial charge on any atom is 0.247 e. The summed E-state index contributed by atoms with van der Waals surface area (Å²) in [6.45, 7) is 5.09. The van der Waals surface area contributed by atoms with Gasteiger partial charge in [0.1, 0.15) is 0 Å². The largest absolute Gasteiger partial charge is 0.378 e. The van der Waals surface area contributed by atoms with Gasteiger partial charge in [-0.1, -0.05) is 0 Å². The molecule has 1 aromatic heterocycles. The molecule has 2 aliphatic rings. The normalized spacial score (nSPS) is 24.4. The Labute approximate surface area is 123 Å². The van der Waals surface area contributed by atoms with E-state index in [1.807, 2.05) is 24.1 Å². The Hall–Kier alpha value is -1.45. The van der Waals surface area contributed by atoms with Crippen molar-refractivity contribution in [2.45, 2.75) is 13.1 Å². The average Bonchev–Trinajstić information content (AvgIpc) is 2.86. The highest BCUT2D eigenvalue weighted by atomic mass is 32.1. The lowest BCUT2D eigenvalue weighted by molar-refractivity contribution is 0.0754. The number of fused-ring (bicyclic) bond motifs is 1. The van der Waals surface area contributed by atoms with Crippen LogP contribution in [0.3, 0.4) is 0 Å². The summed E-state index contributed by atoms with van der Waals surface area (Å²) in [5, 5.41) is 12.4. The van der Waals surface area contributed by atoms with Crippen molar-refractivity contribution >= 4 is 29.2 Å². The summed E-state index contributed by atoms with van der Waals surface area (Å²) in [5.41, 5.74) is 0. The second kappa shape index (κ2) is 5.15. The molecule has 1 N–H and O–H groups in total. The smallest absolute Gasteiger partial charge is 0.247 e. The maximum atomic E-state index is 5.48. The molecule has 1 fully saturated rings. The molecule has 9 heteroatoms. The molecule has 0 amide bonds. The van der Waals surface area contributed by atoms with E-state index < -0.39 is 0 Å². The fourth-order valence-corrected chi connectivity index (χ4v) is 2.49. The molecule has 3 rings (SSSR count). The average molecular weight is 297 g/mol. The molecule has 0 aliphatic carbocycles. The third-order valence-electron chi connectivity index (χ3n) is 3.72. The van der Waals surface area contributed by atoms with Crippen molar-refractivity contribution in [3.63, 3.8) is 0 Å². The van der Waals surface area contributed by atoms with E-state index in [0.29, 0.717) is 30.2 Å². The molecule has 0 aromatic carbocycles. The summed E-state index contributed by atoms with van der Waals surface area (Å²) in [6, 6.07) is 0. The molecule has 1 unspecified atom stereocenters. The standard InChI is InChI=1S/C11H19N7OS/c1-8-12-9-13-10(17-4-6-19-7-5-17)14-18(9)11(20)16(3)15(8)2/h8H,4-7H2,1-3H3,(H,12,13,14). The van der Waals surface area contributed by atoms with Gasteiger partial charge in [0.15, 0.2) is 0 Å². The van der Waals surface area contributed by atoms with Gasteiger partial charge in [-0.2, -0.15) is 9.67 Å². The number of nitrogens with zero attached hydrogens (tertiary/aromatic N) is 6. The highest BCUT2D eigenvalue weighted by Gasteiger charge is 2.28. The van der Waals surface area contributed by atoms with Gasteiger partial charge in [-0.05, 0) is 19.1 Å². The topological polar surface area (TPSA) is 61.7 Å². The lowest BCUT2D eigenvalue weighted by Crippen LogP contribution is -2.47. The van der Waals surface area contributed by atoms with Crippen molar-refractivity contribution in [3.8, 4) is 0 Å². The number of hydrogen-bond acceptors (Lipinski definition) is 7. The van der Waals surface area contributed by atoms with Crippen LogP contribution in [0, 0.1) is 0 Å². The van der Waals surface area contributed by atoms with Crippen LogP contribution in [-0.4, -0.2) is 76.5 Å². The molecule has 1 aromatic rings. The Bertz CT molecular complexity index is 513. The Balaban J connectivity index is 1.92. The first kappa shape index (κ1) is 13.5. The van der Waals surface area contributed by atoms with E-state index >= 15 is 0 Å². The first-order valence-corrected chi connectivity index (χ1v) is 7.06. The SMILES string of the molecule is CC1Nc2nc(N3CCOCC3)nn2C(=S)N(C)N1C. The van der Waals surface area contributed by atoms with E-state index in [1.54, 1.807) is 4.68 Å². The fourth-order valence-electron chi connectivity index (χ4n) is 2.24. The van der Waals surface area contributed by atoms with E-state index in [9.17, 15) is 0 Å². The molecular formula is C11H19N7OS. The number of hydrogen-bond donors (Lipinski definition) is 1. The number of anilines is 2. The van der Waals surface area contributed by atoms with E-state index in [-0.39, 0.29) is 6.17 Å². The number of aromatic nitrogens is 3. The molecular weight excluding hydrogens is 278 g/mol. The van der Waals surface area contributed by atoms with E-state index in [4.69, 9.17) is 17.0 Å². The molecule has 1 saturated heterocycles. The quantitative estimate of drug-likeness (QED) is 0.715. The molecule has 20 heavy (non-hydrogen) atoms. The van der Waals surface area contributed by atoms with E-state index in [0.717, 1.165) is 13.1 Å². The van der Waals surface area contributed by atoms with Gasteiger partial charge in [0, 0.05) is 27.2 Å². The Morgan fingerprint density at radius 3 is 2.70 bits per heavy atom. The molecule has 8 nitrogen and oxygen atoms in total. The number of hydrazine groups is 1. The molecule has 0 spiro atoms. The minimum atomic E-state index is 0.0842. The summed E-state index contributed by atoms with van der Waals surface area (Å²) in [4.78, 5) is 6.69. The highest BCUT2D eigenvalue weighted by Crippen LogP contribution is 2.20. The van der Waals surface area contributed by atoms with Crippen LogP contribution >= 0.6 is 12.2 Å². The lowest BCUT2D eigenvalue weighted by atomic mass is 10.4. The van der Waals surface area contributed by atoms with Gasteiger partial charge >= 0.3 is 0 Å². The number of morpholine rings is 1. The van der Waals surface area contributed by atoms with Crippen molar-refractivity contribution in [2.24, 2.45) is 0 Å². The van der Waals surface area contributed by atoms with Crippen molar-refractivity contribution in [3.05, 3.63) is 0 Å². The number of thiocarbonyl (C=S) groups is 1. The second-order valence-corrected chi connectivity index (χ2v) is 5.31. The zero-order valence-electron chi connectivity index (χ0n) is 11.9. The summed E-state index contributed by atoms with van der Waals surface area (Å²) in [6.07, 6.45) is 0.0842. The Morgan fingerprint density at radius 2 is 2.00 bits per heavy atom. The second-order valence-electron chi connectivity index (χ2n) is 4.95. The van der Waals surface area contributed by atoms with Crippen LogP contribution in [-0.2, 0) is 4.74 Å². The predicted molar refractivity (Wildman–Crippen MR) is 79.7 cm³/mol. The number of rotatable bonds is 1. The predicted octanol–water partition coefficient (Wildman–Crippen LogP) is -0.202. The van der Waals surface area contributed by atoms with Gasteiger partial charge in [-0.25, -0.2) is 5.01 Å². The van der Waals surface area contributed by atoms with Crippen molar-refractivity contribution < 1.29 is 4.74 Å². The van der Waals surface area contributed by atoms with Gasteiger partial charge in [-0.3, -0.25) is 5.01 Å². The summed E-state index contributed by atoms with van der Waals surface area (Å²) in [7, 11) is 3.89.